The predicted octanol–water partition coefficient (Wildman–Crippen LogP) is 0.216. The van der Waals surface area contributed by atoms with E-state index < -0.39 is 77.3 Å². The van der Waals surface area contributed by atoms with Gasteiger partial charge in [0.25, 0.3) is 10.1 Å². The van der Waals surface area contributed by atoms with E-state index in [-0.39, 0.29) is 0 Å². The van der Waals surface area contributed by atoms with Gasteiger partial charge in [-0.15, -0.1) is 0 Å². The number of carbonyl (C=O) groups is 3. The SMILES string of the molecule is COC(=O)[C@H]1OC[C@@]2(O)[C@H](O1)[C@@H](OC(C)=O)[C@@H](OC(=N)C(Cl)(Cl)Cl)O[C@@H]2COC(C)=O. The predicted molar refractivity (Wildman–Crippen MR) is 102 cm³/mol. The van der Waals surface area contributed by atoms with E-state index in [0.717, 1.165) is 21.0 Å². The zero-order valence-corrected chi connectivity index (χ0v) is 18.7. The van der Waals surface area contributed by atoms with Gasteiger partial charge in [0.1, 0.15) is 24.4 Å². The monoisotopic (exact) mass is 507 g/mol. The molecule has 2 fully saturated rings. The molecule has 0 aliphatic carbocycles. The van der Waals surface area contributed by atoms with Gasteiger partial charge in [0.05, 0.1) is 13.7 Å². The third kappa shape index (κ3) is 6.09. The lowest BCUT2D eigenvalue weighted by Crippen LogP contribution is -2.74. The molecule has 2 N–H and O–H groups in total. The molecule has 0 unspecified atom stereocenters. The molecule has 0 aromatic rings. The van der Waals surface area contributed by atoms with Gasteiger partial charge in [-0.1, -0.05) is 34.8 Å². The second-order valence-electron chi connectivity index (χ2n) is 6.53. The van der Waals surface area contributed by atoms with E-state index in [0.29, 0.717) is 0 Å². The van der Waals surface area contributed by atoms with Crippen LogP contribution < -0.4 is 0 Å². The van der Waals surface area contributed by atoms with Crippen LogP contribution in [0.5, 0.6) is 0 Å². The molecule has 12 nitrogen and oxygen atoms in total. The summed E-state index contributed by atoms with van der Waals surface area (Å²) in [6, 6.07) is 0. The molecular weight excluding hydrogens is 489 g/mol. The molecule has 0 aromatic heterocycles. The average molecular weight is 509 g/mol. The molecule has 2 aliphatic heterocycles. The molecule has 0 spiro atoms. The van der Waals surface area contributed by atoms with Crippen molar-refractivity contribution in [3.8, 4) is 0 Å². The first kappa shape index (κ1) is 25.8. The molecule has 6 atom stereocenters. The van der Waals surface area contributed by atoms with Crippen molar-refractivity contribution < 1.29 is 52.6 Å². The summed E-state index contributed by atoms with van der Waals surface area (Å²) in [4.78, 5) is 34.8. The second-order valence-corrected chi connectivity index (χ2v) is 8.81. The summed E-state index contributed by atoms with van der Waals surface area (Å²) < 4.78 is 33.9. The fraction of sp³-hybridized carbons (Fsp3) is 0.750. The molecule has 0 aromatic carbocycles. The average Bonchev–Trinajstić information content (AvgIpc) is 2.66. The third-order valence-electron chi connectivity index (χ3n) is 4.28. The molecule has 2 aliphatic rings. The van der Waals surface area contributed by atoms with Gasteiger partial charge < -0.3 is 38.3 Å². The minimum atomic E-state index is -2.30. The quantitative estimate of drug-likeness (QED) is 0.172. The number of alkyl halides is 3. The highest BCUT2D eigenvalue weighted by Crippen LogP contribution is 2.40. The molecule has 2 saturated heterocycles. The van der Waals surface area contributed by atoms with Gasteiger partial charge in [-0.2, -0.15) is 0 Å². The third-order valence-corrected chi connectivity index (χ3v) is 4.79. The number of rotatable bonds is 5. The van der Waals surface area contributed by atoms with Crippen LogP contribution in [0.15, 0.2) is 0 Å². The summed E-state index contributed by atoms with van der Waals surface area (Å²) in [5, 5.41) is 19.0. The smallest absolute Gasteiger partial charge is 0.363 e. The number of hydrogen-bond donors (Lipinski definition) is 2. The van der Waals surface area contributed by atoms with Gasteiger partial charge in [0, 0.05) is 13.8 Å². The molecule has 0 bridgehead atoms. The topological polar surface area (TPSA) is 160 Å². The van der Waals surface area contributed by atoms with Crippen molar-refractivity contribution >= 4 is 58.6 Å². The van der Waals surface area contributed by atoms with E-state index in [1.54, 1.807) is 0 Å². The standard InChI is InChI=1S/C16H20Cl3NO11/c1-6(21)26-4-8-15(24)5-27-13(11(23)25-3)30-10(15)9(28-7(2)22)12(29-8)31-14(20)16(17,18)19/h8-10,12-13,20,24H,4-5H2,1-3H3/t8-,9-,10-,12-,13+,15+/m1/s1. The number of halogens is 3. The Morgan fingerprint density at radius 3 is 2.32 bits per heavy atom. The highest BCUT2D eigenvalue weighted by atomic mass is 35.6. The van der Waals surface area contributed by atoms with Crippen LogP contribution in [0.3, 0.4) is 0 Å². The first-order valence-corrected chi connectivity index (χ1v) is 9.78. The van der Waals surface area contributed by atoms with Gasteiger partial charge in [0.15, 0.2) is 6.10 Å². The van der Waals surface area contributed by atoms with Crippen LogP contribution in [0.2, 0.25) is 0 Å². The maximum absolute atomic E-state index is 11.9. The Bertz CT molecular complexity index is 730. The molecule has 31 heavy (non-hydrogen) atoms. The Balaban J connectivity index is 2.43. The Kier molecular flexibility index (Phi) is 8.36. The maximum Gasteiger partial charge on any atom is 0.363 e. The van der Waals surface area contributed by atoms with Gasteiger partial charge in [-0.3, -0.25) is 15.0 Å². The molecule has 0 amide bonds. The Morgan fingerprint density at radius 2 is 1.81 bits per heavy atom. The minimum Gasteiger partial charge on any atom is -0.465 e. The lowest BCUT2D eigenvalue weighted by molar-refractivity contribution is -0.382. The lowest BCUT2D eigenvalue weighted by Gasteiger charge is -2.52. The van der Waals surface area contributed by atoms with Crippen molar-refractivity contribution in [1.29, 1.82) is 5.41 Å². The van der Waals surface area contributed by atoms with E-state index in [1.165, 1.54) is 0 Å². The van der Waals surface area contributed by atoms with Crippen molar-refractivity contribution in [3.05, 3.63) is 0 Å². The highest BCUT2D eigenvalue weighted by molar-refractivity contribution is 6.76. The Hall–Kier alpha value is -1.41. The van der Waals surface area contributed by atoms with E-state index >= 15 is 0 Å². The number of carbonyl (C=O) groups excluding carboxylic acids is 3. The Labute approximate surface area is 191 Å². The molecule has 15 heteroatoms. The van der Waals surface area contributed by atoms with E-state index in [2.05, 4.69) is 4.74 Å². The number of methoxy groups -OCH3 is 1. The molecule has 0 radical (unpaired) electrons. The van der Waals surface area contributed by atoms with E-state index in [9.17, 15) is 19.5 Å². The van der Waals surface area contributed by atoms with Crippen LogP contribution in [0.1, 0.15) is 13.8 Å². The largest absolute Gasteiger partial charge is 0.465 e. The molecular formula is C16H20Cl3NO11. The van der Waals surface area contributed by atoms with Gasteiger partial charge in [0.2, 0.25) is 12.2 Å². The highest BCUT2D eigenvalue weighted by Gasteiger charge is 2.63. The number of fused-ring (bicyclic) bond motifs is 1. The number of nitrogens with one attached hydrogen (secondary N) is 1. The summed E-state index contributed by atoms with van der Waals surface area (Å²) in [6.07, 6.45) is -7.69. The van der Waals surface area contributed by atoms with E-state index in [4.69, 9.17) is 68.6 Å². The van der Waals surface area contributed by atoms with Crippen molar-refractivity contribution in [2.24, 2.45) is 0 Å². The number of esters is 3. The van der Waals surface area contributed by atoms with Gasteiger partial charge in [-0.25, -0.2) is 4.79 Å². The fourth-order valence-corrected chi connectivity index (χ4v) is 3.04. The van der Waals surface area contributed by atoms with Crippen LogP contribution in [-0.2, 0) is 47.5 Å². The number of aliphatic hydroxyl groups is 1. The normalized spacial score (nSPS) is 32.9. The van der Waals surface area contributed by atoms with Crippen molar-refractivity contribution in [2.45, 2.75) is 54.1 Å². The second kappa shape index (κ2) is 10.0. The molecule has 176 valence electrons. The van der Waals surface area contributed by atoms with Crippen LogP contribution in [0.25, 0.3) is 0 Å². The molecule has 2 heterocycles. The van der Waals surface area contributed by atoms with Crippen molar-refractivity contribution in [1.82, 2.24) is 0 Å². The first-order valence-electron chi connectivity index (χ1n) is 8.65. The minimum absolute atomic E-state index is 0.508. The lowest BCUT2D eigenvalue weighted by atomic mass is 9.83. The summed E-state index contributed by atoms with van der Waals surface area (Å²) in [7, 11) is 1.08. The summed E-state index contributed by atoms with van der Waals surface area (Å²) >= 11 is 16.9. The summed E-state index contributed by atoms with van der Waals surface area (Å²) in [5.74, 6) is -3.36. The number of hydrogen-bond acceptors (Lipinski definition) is 12. The van der Waals surface area contributed by atoms with Crippen molar-refractivity contribution in [2.75, 3.05) is 20.3 Å². The Morgan fingerprint density at radius 1 is 1.16 bits per heavy atom. The summed E-state index contributed by atoms with van der Waals surface area (Å²) in [6.45, 7) is 1.11. The zero-order chi connectivity index (χ0) is 23.6. The maximum atomic E-state index is 11.9. The summed E-state index contributed by atoms with van der Waals surface area (Å²) in [5.41, 5.74) is -2.08. The zero-order valence-electron chi connectivity index (χ0n) is 16.5. The fourth-order valence-electron chi connectivity index (χ4n) is 2.90. The molecule has 2 rings (SSSR count). The first-order chi connectivity index (χ1) is 14.3. The van der Waals surface area contributed by atoms with E-state index in [1.807, 2.05) is 0 Å². The van der Waals surface area contributed by atoms with Crippen LogP contribution in [0.4, 0.5) is 0 Å². The van der Waals surface area contributed by atoms with Crippen LogP contribution in [-0.4, -0.2) is 89.5 Å². The van der Waals surface area contributed by atoms with Crippen molar-refractivity contribution in [3.63, 3.8) is 0 Å². The van der Waals surface area contributed by atoms with Gasteiger partial charge >= 0.3 is 17.9 Å². The van der Waals surface area contributed by atoms with Gasteiger partial charge in [-0.05, 0) is 0 Å². The van der Waals surface area contributed by atoms with Crippen LogP contribution in [0, 0.1) is 5.41 Å². The van der Waals surface area contributed by atoms with Crippen LogP contribution >= 0.6 is 34.8 Å². The molecule has 0 saturated carbocycles. The number of ether oxygens (including phenoxy) is 7.